The van der Waals surface area contributed by atoms with Crippen molar-refractivity contribution in [2.45, 2.75) is 71.8 Å². The van der Waals surface area contributed by atoms with E-state index in [0.29, 0.717) is 39.0 Å². The second-order valence-corrected chi connectivity index (χ2v) is 10.3. The molecule has 1 aliphatic rings. The van der Waals surface area contributed by atoms with Crippen molar-refractivity contribution in [3.8, 4) is 0 Å². The van der Waals surface area contributed by atoms with Gasteiger partial charge >= 0.3 is 12.0 Å². The van der Waals surface area contributed by atoms with E-state index in [2.05, 4.69) is 38.3 Å². The molecule has 1 heterocycles. The van der Waals surface area contributed by atoms with Gasteiger partial charge in [0.25, 0.3) is 0 Å². The van der Waals surface area contributed by atoms with Gasteiger partial charge in [-0.25, -0.2) is 4.79 Å². The topological polar surface area (TPSA) is 87.7 Å². The average Bonchev–Trinajstić information content (AvgIpc) is 2.88. The van der Waals surface area contributed by atoms with Gasteiger partial charge in [-0.3, -0.25) is 9.59 Å². The van der Waals surface area contributed by atoms with Crippen LogP contribution in [0.1, 0.15) is 76.0 Å². The Morgan fingerprint density at radius 2 is 1.51 bits per heavy atom. The zero-order valence-electron chi connectivity index (χ0n) is 22.8. The van der Waals surface area contributed by atoms with Crippen molar-refractivity contribution >= 4 is 23.6 Å². The third kappa shape index (κ3) is 7.57. The lowest BCUT2D eigenvalue weighted by Crippen LogP contribution is -2.53. The minimum atomic E-state index is -0.727. The largest absolute Gasteiger partial charge is 0.466 e. The van der Waals surface area contributed by atoms with E-state index in [1.165, 1.54) is 0 Å². The normalized spacial score (nSPS) is 14.9. The number of benzene rings is 2. The first kappa shape index (κ1) is 28.2. The number of amides is 3. The number of anilines is 1. The second-order valence-electron chi connectivity index (χ2n) is 10.3. The van der Waals surface area contributed by atoms with E-state index in [9.17, 15) is 14.4 Å². The molecule has 37 heavy (non-hydrogen) atoms. The number of nitrogens with one attached hydrogen (secondary N) is 2. The maximum absolute atomic E-state index is 13.6. The summed E-state index contributed by atoms with van der Waals surface area (Å²) < 4.78 is 5.16. The first-order chi connectivity index (χ1) is 17.7. The smallest absolute Gasteiger partial charge is 0.319 e. The van der Waals surface area contributed by atoms with Crippen molar-refractivity contribution in [1.82, 2.24) is 10.2 Å². The highest BCUT2D eigenvalue weighted by molar-refractivity contribution is 5.95. The summed E-state index contributed by atoms with van der Waals surface area (Å²) in [7, 11) is 0. The number of hydrogen-bond acceptors (Lipinski definition) is 4. The van der Waals surface area contributed by atoms with Crippen LogP contribution in [0, 0.1) is 5.92 Å². The number of hydrogen-bond donors (Lipinski definition) is 2. The van der Waals surface area contributed by atoms with Crippen molar-refractivity contribution < 1.29 is 19.1 Å². The Morgan fingerprint density at radius 1 is 0.919 bits per heavy atom. The third-order valence-electron chi connectivity index (χ3n) is 6.92. The highest BCUT2D eigenvalue weighted by Crippen LogP contribution is 2.32. The van der Waals surface area contributed by atoms with Crippen molar-refractivity contribution in [2.75, 3.05) is 25.0 Å². The monoisotopic (exact) mass is 507 g/mol. The first-order valence-corrected chi connectivity index (χ1v) is 13.4. The third-order valence-corrected chi connectivity index (χ3v) is 6.92. The number of esters is 1. The summed E-state index contributed by atoms with van der Waals surface area (Å²) in [5.74, 6) is -0.0528. The number of rotatable bonds is 9. The highest BCUT2D eigenvalue weighted by atomic mass is 16.5. The summed E-state index contributed by atoms with van der Waals surface area (Å²) in [4.78, 5) is 40.8. The molecule has 0 aliphatic carbocycles. The molecule has 1 aliphatic heterocycles. The van der Waals surface area contributed by atoms with E-state index in [1.54, 1.807) is 11.8 Å². The summed E-state index contributed by atoms with van der Waals surface area (Å²) in [6.07, 6.45) is 1.51. The zero-order chi connectivity index (χ0) is 26.9. The van der Waals surface area contributed by atoms with Gasteiger partial charge in [0, 0.05) is 25.2 Å². The van der Waals surface area contributed by atoms with Gasteiger partial charge in [-0.1, -0.05) is 76.2 Å². The molecular formula is C30H41N3O4. The molecule has 0 saturated carbocycles. The minimum Gasteiger partial charge on any atom is -0.466 e. The number of ether oxygens (including phenoxy) is 1. The van der Waals surface area contributed by atoms with Gasteiger partial charge in [0.05, 0.1) is 12.5 Å². The highest BCUT2D eigenvalue weighted by Gasteiger charge is 2.32. The van der Waals surface area contributed by atoms with Gasteiger partial charge in [-0.05, 0) is 48.3 Å². The Morgan fingerprint density at radius 3 is 2.05 bits per heavy atom. The van der Waals surface area contributed by atoms with Crippen molar-refractivity contribution in [1.29, 1.82) is 0 Å². The lowest BCUT2D eigenvalue weighted by atomic mass is 9.92. The molecule has 2 aromatic rings. The van der Waals surface area contributed by atoms with Crippen LogP contribution in [0.3, 0.4) is 0 Å². The molecule has 3 amide bonds. The molecule has 0 aromatic heterocycles. The Bertz CT molecular complexity index is 1030. The molecule has 7 heteroatoms. The first-order valence-electron chi connectivity index (χ1n) is 13.4. The van der Waals surface area contributed by atoms with E-state index in [0.717, 1.165) is 22.4 Å². The van der Waals surface area contributed by atoms with Crippen molar-refractivity contribution in [2.24, 2.45) is 5.92 Å². The zero-order valence-corrected chi connectivity index (χ0v) is 22.8. The Labute approximate surface area is 221 Å². The van der Waals surface area contributed by atoms with Crippen LogP contribution in [0.5, 0.6) is 0 Å². The van der Waals surface area contributed by atoms with Crippen LogP contribution < -0.4 is 10.6 Å². The minimum absolute atomic E-state index is 0.137. The summed E-state index contributed by atoms with van der Waals surface area (Å²) in [5, 5.41) is 6.03. The van der Waals surface area contributed by atoms with E-state index >= 15 is 0 Å². The van der Waals surface area contributed by atoms with Crippen LogP contribution in [-0.2, 0) is 20.7 Å². The van der Waals surface area contributed by atoms with E-state index in [1.807, 2.05) is 48.5 Å². The van der Waals surface area contributed by atoms with E-state index < -0.39 is 12.1 Å². The average molecular weight is 508 g/mol. The fraction of sp³-hybridized carbons (Fsp3) is 0.500. The molecular weight excluding hydrogens is 466 g/mol. The molecule has 2 N–H and O–H groups in total. The van der Waals surface area contributed by atoms with Gasteiger partial charge in [-0.15, -0.1) is 0 Å². The number of piperidine rings is 1. The molecule has 2 aromatic carbocycles. The van der Waals surface area contributed by atoms with E-state index in [-0.39, 0.29) is 29.6 Å². The van der Waals surface area contributed by atoms with Crippen LogP contribution in [0.15, 0.2) is 48.5 Å². The number of para-hydroxylation sites is 1. The molecule has 7 nitrogen and oxygen atoms in total. The molecule has 0 spiro atoms. The number of carbonyl (C=O) groups is 3. The SMILES string of the molecule is CCOC(=O)C1CCN(C(=O)C(Cc2ccccc2)NC(=O)Nc2c(C(C)C)cccc2C(C)C)CC1. The molecule has 1 atom stereocenters. The molecule has 1 saturated heterocycles. The Hall–Kier alpha value is -3.35. The van der Waals surface area contributed by atoms with Crippen molar-refractivity contribution in [3.63, 3.8) is 0 Å². The van der Waals surface area contributed by atoms with Gasteiger partial charge in [0.2, 0.25) is 5.91 Å². The molecule has 3 rings (SSSR count). The number of nitrogens with zero attached hydrogens (tertiary/aromatic N) is 1. The predicted octanol–water partition coefficient (Wildman–Crippen LogP) is 5.47. The Balaban J connectivity index is 1.77. The fourth-order valence-electron chi connectivity index (χ4n) is 4.87. The van der Waals surface area contributed by atoms with Crippen LogP contribution >= 0.6 is 0 Å². The molecule has 1 fully saturated rings. The fourth-order valence-corrected chi connectivity index (χ4v) is 4.87. The van der Waals surface area contributed by atoms with Crippen LogP contribution in [-0.4, -0.2) is 48.5 Å². The lowest BCUT2D eigenvalue weighted by Gasteiger charge is -2.33. The summed E-state index contributed by atoms with van der Waals surface area (Å²) in [6.45, 7) is 11.5. The van der Waals surface area contributed by atoms with Crippen LogP contribution in [0.2, 0.25) is 0 Å². The number of urea groups is 1. The molecule has 0 bridgehead atoms. The maximum atomic E-state index is 13.6. The summed E-state index contributed by atoms with van der Waals surface area (Å²) in [5.41, 5.74) is 3.90. The molecule has 0 radical (unpaired) electrons. The van der Waals surface area contributed by atoms with Gasteiger partial charge < -0.3 is 20.3 Å². The number of carbonyl (C=O) groups excluding carboxylic acids is 3. The quantitative estimate of drug-likeness (QED) is 0.441. The summed E-state index contributed by atoms with van der Waals surface area (Å²) in [6, 6.07) is 14.7. The molecule has 200 valence electrons. The standard InChI is InChI=1S/C30H41N3O4/c1-6-37-29(35)23-15-17-33(18-16-23)28(34)26(19-22-11-8-7-9-12-22)31-30(36)32-27-24(20(2)3)13-10-14-25(27)21(4)5/h7-14,20-21,23,26H,6,15-19H2,1-5H3,(H2,31,32,36). The number of likely N-dealkylation sites (tertiary alicyclic amines) is 1. The van der Waals surface area contributed by atoms with Gasteiger partial charge in [-0.2, -0.15) is 0 Å². The van der Waals surface area contributed by atoms with Gasteiger partial charge in [0.1, 0.15) is 6.04 Å². The maximum Gasteiger partial charge on any atom is 0.319 e. The lowest BCUT2D eigenvalue weighted by molar-refractivity contribution is -0.151. The van der Waals surface area contributed by atoms with E-state index in [4.69, 9.17) is 4.74 Å². The summed E-state index contributed by atoms with van der Waals surface area (Å²) >= 11 is 0. The molecule has 1 unspecified atom stereocenters. The van der Waals surface area contributed by atoms with Crippen LogP contribution in [0.4, 0.5) is 10.5 Å². The predicted molar refractivity (Wildman–Crippen MR) is 147 cm³/mol. The van der Waals surface area contributed by atoms with Gasteiger partial charge in [0.15, 0.2) is 0 Å². The second kappa shape index (κ2) is 13.3. The Kier molecular flexibility index (Phi) is 10.1. The van der Waals surface area contributed by atoms with Crippen LogP contribution in [0.25, 0.3) is 0 Å². The van der Waals surface area contributed by atoms with Crippen molar-refractivity contribution in [3.05, 3.63) is 65.2 Å².